The third-order valence-electron chi connectivity index (χ3n) is 2.80. The van der Waals surface area contributed by atoms with E-state index in [0.717, 1.165) is 44.6 Å². The molecular weight excluding hydrogens is 253 g/mol. The van der Waals surface area contributed by atoms with Crippen LogP contribution in [0.25, 0.3) is 0 Å². The van der Waals surface area contributed by atoms with Gasteiger partial charge < -0.3 is 4.90 Å². The van der Waals surface area contributed by atoms with Crippen molar-refractivity contribution in [1.29, 1.82) is 0 Å². The van der Waals surface area contributed by atoms with Crippen molar-refractivity contribution in [1.82, 2.24) is 4.98 Å². The first kappa shape index (κ1) is 12.5. The van der Waals surface area contributed by atoms with Crippen LogP contribution in [0.3, 0.4) is 0 Å². The third kappa shape index (κ3) is 2.83. The highest BCUT2D eigenvalue weighted by Crippen LogP contribution is 2.34. The summed E-state index contributed by atoms with van der Waals surface area (Å²) in [6, 6.07) is 0.943. The monoisotopic (exact) mass is 264 g/mol. The van der Waals surface area contributed by atoms with E-state index in [9.17, 15) is 13.2 Å². The normalized spacial score (nSPS) is 17.3. The third-order valence-corrected chi connectivity index (χ3v) is 3.08. The van der Waals surface area contributed by atoms with Gasteiger partial charge in [0.1, 0.15) is 5.82 Å². The van der Waals surface area contributed by atoms with Gasteiger partial charge in [-0.15, -0.1) is 0 Å². The van der Waals surface area contributed by atoms with Crippen molar-refractivity contribution in [3.05, 3.63) is 22.8 Å². The Bertz CT molecular complexity index is 400. The van der Waals surface area contributed by atoms with E-state index in [1.807, 2.05) is 4.90 Å². The Hall–Kier alpha value is -0.970. The molecular formula is C11H12ClF3N2. The summed E-state index contributed by atoms with van der Waals surface area (Å²) in [5, 5.41) is 0.0710. The zero-order valence-electron chi connectivity index (χ0n) is 9.10. The van der Waals surface area contributed by atoms with E-state index in [-0.39, 0.29) is 5.02 Å². The molecule has 0 aromatic carbocycles. The van der Waals surface area contributed by atoms with Crippen molar-refractivity contribution >= 4 is 17.4 Å². The number of pyridine rings is 1. The first-order valence-electron chi connectivity index (χ1n) is 5.46. The summed E-state index contributed by atoms with van der Waals surface area (Å²) in [6.45, 7) is 1.61. The average molecular weight is 265 g/mol. The van der Waals surface area contributed by atoms with Gasteiger partial charge in [0.05, 0.1) is 10.6 Å². The maximum absolute atomic E-state index is 12.4. The first-order valence-corrected chi connectivity index (χ1v) is 5.84. The molecule has 0 saturated carbocycles. The van der Waals surface area contributed by atoms with Gasteiger partial charge in [-0.2, -0.15) is 13.2 Å². The highest BCUT2D eigenvalue weighted by atomic mass is 35.5. The minimum absolute atomic E-state index is 0.0710. The first-order chi connectivity index (χ1) is 7.98. The predicted molar refractivity (Wildman–Crippen MR) is 60.3 cm³/mol. The van der Waals surface area contributed by atoms with E-state index >= 15 is 0 Å². The Kier molecular flexibility index (Phi) is 3.47. The zero-order valence-corrected chi connectivity index (χ0v) is 9.85. The largest absolute Gasteiger partial charge is 0.417 e. The van der Waals surface area contributed by atoms with Crippen LogP contribution in [0.2, 0.25) is 5.02 Å². The highest BCUT2D eigenvalue weighted by molar-refractivity contribution is 6.33. The van der Waals surface area contributed by atoms with Crippen LogP contribution < -0.4 is 4.90 Å². The van der Waals surface area contributed by atoms with E-state index < -0.39 is 11.7 Å². The van der Waals surface area contributed by atoms with E-state index in [0.29, 0.717) is 5.82 Å². The number of anilines is 1. The molecule has 0 radical (unpaired) electrons. The number of hydrogen-bond acceptors (Lipinski definition) is 2. The molecule has 2 heterocycles. The summed E-state index contributed by atoms with van der Waals surface area (Å²) in [5.74, 6) is 0.458. The number of halogens is 4. The topological polar surface area (TPSA) is 16.1 Å². The Morgan fingerprint density at radius 2 is 1.82 bits per heavy atom. The number of alkyl halides is 3. The summed E-state index contributed by atoms with van der Waals surface area (Å²) in [6.07, 6.45) is -0.348. The van der Waals surface area contributed by atoms with E-state index in [1.165, 1.54) is 0 Å². The molecule has 0 bridgehead atoms. The summed E-state index contributed by atoms with van der Waals surface area (Å²) < 4.78 is 37.3. The Balaban J connectivity index is 2.25. The van der Waals surface area contributed by atoms with Gasteiger partial charge in [-0.05, 0) is 25.3 Å². The van der Waals surface area contributed by atoms with E-state index in [1.54, 1.807) is 0 Å². The number of piperidine rings is 1. The van der Waals surface area contributed by atoms with Crippen molar-refractivity contribution in [2.45, 2.75) is 25.4 Å². The van der Waals surface area contributed by atoms with Gasteiger partial charge in [0.15, 0.2) is 0 Å². The van der Waals surface area contributed by atoms with Crippen LogP contribution in [0, 0.1) is 0 Å². The molecule has 2 nitrogen and oxygen atoms in total. The summed E-state index contributed by atoms with van der Waals surface area (Å²) in [7, 11) is 0. The van der Waals surface area contributed by atoms with Crippen LogP contribution in [0.4, 0.5) is 19.0 Å². The quantitative estimate of drug-likeness (QED) is 0.768. The van der Waals surface area contributed by atoms with Crippen LogP contribution >= 0.6 is 11.6 Å². The maximum atomic E-state index is 12.4. The lowest BCUT2D eigenvalue weighted by Crippen LogP contribution is -2.30. The van der Waals surface area contributed by atoms with Crippen LogP contribution in [-0.2, 0) is 6.18 Å². The molecule has 0 amide bonds. The van der Waals surface area contributed by atoms with Crippen molar-refractivity contribution in [2.75, 3.05) is 18.0 Å². The second-order valence-electron chi connectivity index (χ2n) is 4.07. The van der Waals surface area contributed by atoms with Gasteiger partial charge in [0.25, 0.3) is 0 Å². The second kappa shape index (κ2) is 4.72. The van der Waals surface area contributed by atoms with Crippen LogP contribution in [-0.4, -0.2) is 18.1 Å². The number of aromatic nitrogens is 1. The summed E-state index contributed by atoms with van der Waals surface area (Å²) in [5.41, 5.74) is -0.803. The zero-order chi connectivity index (χ0) is 12.5. The Morgan fingerprint density at radius 1 is 1.18 bits per heavy atom. The second-order valence-corrected chi connectivity index (χ2v) is 4.48. The maximum Gasteiger partial charge on any atom is 0.417 e. The molecule has 1 fully saturated rings. The highest BCUT2D eigenvalue weighted by Gasteiger charge is 2.32. The minimum atomic E-state index is -4.39. The molecule has 94 valence electrons. The van der Waals surface area contributed by atoms with Crippen LogP contribution in [0.15, 0.2) is 12.3 Å². The molecule has 0 unspecified atom stereocenters. The molecule has 0 spiro atoms. The Morgan fingerprint density at radius 3 is 2.35 bits per heavy atom. The number of hydrogen-bond donors (Lipinski definition) is 0. The van der Waals surface area contributed by atoms with E-state index in [4.69, 9.17) is 11.6 Å². The van der Waals surface area contributed by atoms with Gasteiger partial charge in [-0.25, -0.2) is 4.98 Å². The van der Waals surface area contributed by atoms with Gasteiger partial charge in [-0.3, -0.25) is 0 Å². The molecule has 1 aliphatic rings. The molecule has 1 saturated heterocycles. The molecule has 6 heteroatoms. The lowest BCUT2D eigenvalue weighted by atomic mass is 10.1. The van der Waals surface area contributed by atoms with Gasteiger partial charge >= 0.3 is 6.18 Å². The number of nitrogens with zero attached hydrogens (tertiary/aromatic N) is 2. The fourth-order valence-electron chi connectivity index (χ4n) is 1.92. The molecule has 2 rings (SSSR count). The average Bonchev–Trinajstić information content (AvgIpc) is 2.29. The summed E-state index contributed by atoms with van der Waals surface area (Å²) >= 11 is 5.86. The lowest BCUT2D eigenvalue weighted by molar-refractivity contribution is -0.137. The van der Waals surface area contributed by atoms with Gasteiger partial charge in [0, 0.05) is 19.3 Å². The van der Waals surface area contributed by atoms with Crippen molar-refractivity contribution < 1.29 is 13.2 Å². The smallest absolute Gasteiger partial charge is 0.355 e. The van der Waals surface area contributed by atoms with E-state index in [2.05, 4.69) is 4.98 Å². The van der Waals surface area contributed by atoms with Crippen LogP contribution in [0.5, 0.6) is 0 Å². The number of rotatable bonds is 1. The van der Waals surface area contributed by atoms with Crippen molar-refractivity contribution in [3.63, 3.8) is 0 Å². The molecule has 17 heavy (non-hydrogen) atoms. The summed E-state index contributed by atoms with van der Waals surface area (Å²) in [4.78, 5) is 5.78. The fraction of sp³-hybridized carbons (Fsp3) is 0.545. The van der Waals surface area contributed by atoms with Crippen molar-refractivity contribution in [2.24, 2.45) is 0 Å². The molecule has 1 aromatic heterocycles. The minimum Gasteiger partial charge on any atom is -0.355 e. The molecule has 0 aliphatic carbocycles. The predicted octanol–water partition coefficient (Wildman–Crippen LogP) is 3.74. The lowest BCUT2D eigenvalue weighted by Gasteiger charge is -2.28. The standard InChI is InChI=1S/C11H12ClF3N2/c12-9-6-8(11(13,14)15)7-16-10(9)17-4-2-1-3-5-17/h6-7H,1-5H2. The molecule has 0 N–H and O–H groups in total. The van der Waals surface area contributed by atoms with Gasteiger partial charge in [-0.1, -0.05) is 11.6 Å². The molecule has 1 aliphatic heterocycles. The van der Waals surface area contributed by atoms with Crippen LogP contribution in [0.1, 0.15) is 24.8 Å². The Labute approximate surface area is 102 Å². The SMILES string of the molecule is FC(F)(F)c1cnc(N2CCCCC2)c(Cl)c1. The van der Waals surface area contributed by atoms with Crippen molar-refractivity contribution in [3.8, 4) is 0 Å². The fourth-order valence-corrected chi connectivity index (χ4v) is 2.21. The molecule has 1 aromatic rings. The van der Waals surface area contributed by atoms with Gasteiger partial charge in [0.2, 0.25) is 0 Å². The molecule has 0 atom stereocenters.